The number of thiophene rings is 1. The first-order valence-corrected chi connectivity index (χ1v) is 18.2. The molecule has 5 heteroatoms. The molecule has 51 heavy (non-hydrogen) atoms. The highest BCUT2D eigenvalue weighted by atomic mass is 32.1. The summed E-state index contributed by atoms with van der Waals surface area (Å²) in [5.41, 5.74) is 8.96. The lowest BCUT2D eigenvalue weighted by atomic mass is 9.73. The fraction of sp³-hybridized carbons (Fsp3) is 0.0652. The van der Waals surface area contributed by atoms with Crippen LogP contribution in [0.15, 0.2) is 146 Å². The van der Waals surface area contributed by atoms with Gasteiger partial charge in [-0.1, -0.05) is 123 Å². The van der Waals surface area contributed by atoms with Crippen LogP contribution in [-0.4, -0.2) is 19.5 Å². The summed E-state index contributed by atoms with van der Waals surface area (Å²) in [6.07, 6.45) is 0. The molecule has 11 rings (SSSR count). The fourth-order valence-electron chi connectivity index (χ4n) is 8.36. The summed E-state index contributed by atoms with van der Waals surface area (Å²) in [6.45, 7) is 4.74. The third-order valence-corrected chi connectivity index (χ3v) is 11.9. The topological polar surface area (TPSA) is 43.6 Å². The molecule has 240 valence electrons. The number of benzene rings is 7. The minimum atomic E-state index is -0.300. The van der Waals surface area contributed by atoms with Crippen LogP contribution in [0.2, 0.25) is 0 Å². The molecule has 0 spiro atoms. The summed E-state index contributed by atoms with van der Waals surface area (Å²) in [4.78, 5) is 15.2. The van der Waals surface area contributed by atoms with Gasteiger partial charge >= 0.3 is 0 Å². The second kappa shape index (κ2) is 10.4. The molecule has 4 nitrogen and oxygen atoms in total. The Bertz CT molecular complexity index is 2990. The quantitative estimate of drug-likeness (QED) is 0.188. The second-order valence-electron chi connectivity index (χ2n) is 14.0. The van der Waals surface area contributed by atoms with Crippen LogP contribution in [0.3, 0.4) is 0 Å². The molecule has 0 amide bonds. The summed E-state index contributed by atoms with van der Waals surface area (Å²) in [5, 5.41) is 7.82. The van der Waals surface area contributed by atoms with Gasteiger partial charge in [-0.25, -0.2) is 15.0 Å². The first-order chi connectivity index (χ1) is 25.0. The van der Waals surface area contributed by atoms with Crippen molar-refractivity contribution in [1.29, 1.82) is 0 Å². The van der Waals surface area contributed by atoms with Gasteiger partial charge in [0, 0.05) is 53.1 Å². The van der Waals surface area contributed by atoms with Gasteiger partial charge in [0.1, 0.15) is 0 Å². The van der Waals surface area contributed by atoms with E-state index in [1.807, 2.05) is 47.7 Å². The normalized spacial score (nSPS) is 13.5. The van der Waals surface area contributed by atoms with Crippen LogP contribution in [0.4, 0.5) is 0 Å². The van der Waals surface area contributed by atoms with Gasteiger partial charge in [0.15, 0.2) is 17.5 Å². The molecule has 0 fully saturated rings. The van der Waals surface area contributed by atoms with Crippen LogP contribution in [0, 0.1) is 0 Å². The molecule has 0 bridgehead atoms. The van der Waals surface area contributed by atoms with Crippen molar-refractivity contribution in [2.24, 2.45) is 0 Å². The molecule has 3 aromatic heterocycles. The molecule has 7 aromatic carbocycles. The molecule has 0 atom stereocenters. The Labute approximate surface area is 298 Å². The Balaban J connectivity index is 1.24. The van der Waals surface area contributed by atoms with Crippen molar-refractivity contribution in [1.82, 2.24) is 19.5 Å². The molecule has 4 heterocycles. The first kappa shape index (κ1) is 28.6. The average molecular weight is 671 g/mol. The molecular formula is C46H30N4S. The van der Waals surface area contributed by atoms with Crippen LogP contribution in [0.5, 0.6) is 0 Å². The predicted octanol–water partition coefficient (Wildman–Crippen LogP) is 12.1. The Morgan fingerprint density at radius 2 is 1.10 bits per heavy atom. The van der Waals surface area contributed by atoms with Crippen LogP contribution >= 0.6 is 11.3 Å². The van der Waals surface area contributed by atoms with E-state index in [1.165, 1.54) is 69.6 Å². The maximum Gasteiger partial charge on any atom is 0.164 e. The predicted molar refractivity (Wildman–Crippen MR) is 213 cm³/mol. The minimum Gasteiger partial charge on any atom is -0.308 e. The van der Waals surface area contributed by atoms with Gasteiger partial charge in [0.2, 0.25) is 0 Å². The lowest BCUT2D eigenvalue weighted by molar-refractivity contribution is 0.631. The van der Waals surface area contributed by atoms with Gasteiger partial charge in [-0.05, 0) is 58.3 Å². The molecule has 0 unspecified atom stereocenters. The van der Waals surface area contributed by atoms with E-state index in [9.17, 15) is 0 Å². The second-order valence-corrected chi connectivity index (χ2v) is 15.1. The van der Waals surface area contributed by atoms with Crippen LogP contribution in [0.1, 0.15) is 25.0 Å². The molecule has 0 aliphatic carbocycles. The Hall–Kier alpha value is -6.17. The first-order valence-electron chi connectivity index (χ1n) is 17.4. The van der Waals surface area contributed by atoms with Crippen molar-refractivity contribution < 1.29 is 0 Å². The Kier molecular flexibility index (Phi) is 5.85. The van der Waals surface area contributed by atoms with Crippen molar-refractivity contribution in [3.05, 3.63) is 157 Å². The largest absolute Gasteiger partial charge is 0.308 e. The average Bonchev–Trinajstić information content (AvgIpc) is 3.74. The number of rotatable bonds is 3. The van der Waals surface area contributed by atoms with Crippen molar-refractivity contribution in [3.63, 3.8) is 0 Å². The zero-order valence-electron chi connectivity index (χ0n) is 28.1. The molecule has 0 radical (unpaired) electrons. The van der Waals surface area contributed by atoms with Crippen molar-refractivity contribution in [3.8, 4) is 39.9 Å². The molecule has 10 aromatic rings. The summed E-state index contributed by atoms with van der Waals surface area (Å²) in [7, 11) is 0. The smallest absolute Gasteiger partial charge is 0.164 e. The van der Waals surface area contributed by atoms with E-state index in [2.05, 4.69) is 128 Å². The van der Waals surface area contributed by atoms with Crippen molar-refractivity contribution >= 4 is 64.1 Å². The van der Waals surface area contributed by atoms with Crippen LogP contribution < -0.4 is 0 Å². The van der Waals surface area contributed by atoms with Gasteiger partial charge in [0.05, 0.1) is 16.7 Å². The van der Waals surface area contributed by atoms with E-state index in [-0.39, 0.29) is 5.41 Å². The maximum absolute atomic E-state index is 5.10. The van der Waals surface area contributed by atoms with Gasteiger partial charge < -0.3 is 4.57 Å². The lowest BCUT2D eigenvalue weighted by Crippen LogP contribution is -2.26. The van der Waals surface area contributed by atoms with Gasteiger partial charge in [-0.15, -0.1) is 11.3 Å². The summed E-state index contributed by atoms with van der Waals surface area (Å²) < 4.78 is 5.19. The Morgan fingerprint density at radius 3 is 1.82 bits per heavy atom. The van der Waals surface area contributed by atoms with E-state index in [1.54, 1.807) is 0 Å². The van der Waals surface area contributed by atoms with Crippen molar-refractivity contribution in [2.75, 3.05) is 0 Å². The van der Waals surface area contributed by atoms with E-state index in [0.717, 1.165) is 16.7 Å². The molecule has 0 saturated heterocycles. The number of nitrogens with zero attached hydrogens (tertiary/aromatic N) is 4. The van der Waals surface area contributed by atoms with E-state index >= 15 is 0 Å². The number of aromatic nitrogens is 4. The minimum absolute atomic E-state index is 0.300. The molecule has 1 aliphatic heterocycles. The lowest BCUT2D eigenvalue weighted by Gasteiger charge is -2.35. The zero-order chi connectivity index (χ0) is 33.8. The zero-order valence-corrected chi connectivity index (χ0v) is 28.9. The number of fused-ring (bicyclic) bond motifs is 11. The summed E-state index contributed by atoms with van der Waals surface area (Å²) >= 11 is 1.88. The van der Waals surface area contributed by atoms with Gasteiger partial charge in [-0.3, -0.25) is 0 Å². The molecule has 1 aliphatic rings. The van der Waals surface area contributed by atoms with E-state index < -0.39 is 0 Å². The highest BCUT2D eigenvalue weighted by Gasteiger charge is 2.37. The van der Waals surface area contributed by atoms with E-state index in [4.69, 9.17) is 15.0 Å². The number of hydrogen-bond donors (Lipinski definition) is 0. The molecule has 0 saturated carbocycles. The van der Waals surface area contributed by atoms with Crippen LogP contribution in [-0.2, 0) is 5.41 Å². The monoisotopic (exact) mass is 670 g/mol. The fourth-order valence-corrected chi connectivity index (χ4v) is 9.47. The third kappa shape index (κ3) is 4.04. The Morgan fingerprint density at radius 1 is 0.471 bits per heavy atom. The molecular weight excluding hydrogens is 641 g/mol. The van der Waals surface area contributed by atoms with E-state index in [0.29, 0.717) is 17.5 Å². The van der Waals surface area contributed by atoms with Crippen molar-refractivity contribution in [2.45, 2.75) is 19.3 Å². The standard InChI is InChI=1S/C46H30N4S/c1-46(2)34-26-30(45-48-43(27-13-5-3-6-14-27)47-44(49-45)28-15-7-4-8-16-28)21-23-36(34)50-41-33(22-24-38-40(41)32-19-11-12-20-37(32)51-38)39-31-18-10-9-17-29(31)25-35(46)42(39)50/h3-26H,1-2H3. The maximum atomic E-state index is 5.10. The molecule has 0 N–H and O–H groups in total. The number of hydrogen-bond acceptors (Lipinski definition) is 4. The summed E-state index contributed by atoms with van der Waals surface area (Å²) in [6, 6.07) is 52.0. The van der Waals surface area contributed by atoms with Gasteiger partial charge in [0.25, 0.3) is 0 Å². The van der Waals surface area contributed by atoms with Gasteiger partial charge in [-0.2, -0.15) is 0 Å². The highest BCUT2D eigenvalue weighted by molar-refractivity contribution is 7.26. The summed E-state index contributed by atoms with van der Waals surface area (Å²) in [5.74, 6) is 2.00. The highest BCUT2D eigenvalue weighted by Crippen LogP contribution is 2.52. The SMILES string of the molecule is CC1(C)c2cc(-c3nc(-c4ccccc4)nc(-c4ccccc4)n3)ccc2-n2c3c1cc1ccccc1c3c1ccc3sc4ccccc4c3c12. The van der Waals surface area contributed by atoms with Crippen LogP contribution in [0.25, 0.3) is 92.6 Å². The third-order valence-electron chi connectivity index (χ3n) is 10.8.